The number of rotatable bonds is 2. The first-order chi connectivity index (χ1) is 6.74. The van der Waals surface area contributed by atoms with E-state index in [1.54, 1.807) is 0 Å². The van der Waals surface area contributed by atoms with E-state index in [1.807, 2.05) is 0 Å². The third kappa shape index (κ3) is 3.15. The Balaban J connectivity index is 2.63. The van der Waals surface area contributed by atoms with Crippen LogP contribution in [0.1, 0.15) is 46.5 Å². The Morgan fingerprint density at radius 2 is 1.87 bits per heavy atom. The SMILES string of the molecule is CC(C)(C)[Si](C)(C)O[C@H]1CCCCC1=O. The average molecular weight is 228 g/mol. The molecule has 1 saturated carbocycles. The number of hydrogen-bond donors (Lipinski definition) is 0. The molecule has 1 aliphatic rings. The van der Waals surface area contributed by atoms with E-state index in [4.69, 9.17) is 4.43 Å². The molecular formula is C12H24O2Si. The standard InChI is InChI=1S/C12H24O2Si/c1-12(2,3)15(4,5)14-11-9-7-6-8-10(11)13/h11H,6-9H2,1-5H3/t11-/m0/s1. The molecule has 1 rings (SSSR count). The predicted molar refractivity (Wildman–Crippen MR) is 65.5 cm³/mol. The second kappa shape index (κ2) is 4.38. The van der Waals surface area contributed by atoms with Gasteiger partial charge in [0.25, 0.3) is 0 Å². The topological polar surface area (TPSA) is 26.3 Å². The summed E-state index contributed by atoms with van der Waals surface area (Å²) in [5.74, 6) is 0.325. The van der Waals surface area contributed by atoms with Gasteiger partial charge in [0.2, 0.25) is 0 Å². The van der Waals surface area contributed by atoms with Crippen molar-refractivity contribution in [3.63, 3.8) is 0 Å². The smallest absolute Gasteiger partial charge is 0.193 e. The Bertz CT molecular complexity index is 240. The highest BCUT2D eigenvalue weighted by atomic mass is 28.4. The van der Waals surface area contributed by atoms with Crippen LogP contribution in [-0.2, 0) is 9.22 Å². The molecule has 0 aromatic heterocycles. The third-order valence-corrected chi connectivity index (χ3v) is 8.23. The van der Waals surface area contributed by atoms with Crippen molar-refractivity contribution >= 4 is 14.1 Å². The van der Waals surface area contributed by atoms with Gasteiger partial charge in [0, 0.05) is 6.42 Å². The van der Waals surface area contributed by atoms with Crippen LogP contribution in [0.15, 0.2) is 0 Å². The molecule has 0 spiro atoms. The van der Waals surface area contributed by atoms with Crippen molar-refractivity contribution < 1.29 is 9.22 Å². The molecular weight excluding hydrogens is 204 g/mol. The molecule has 0 heterocycles. The summed E-state index contributed by atoms with van der Waals surface area (Å²) in [5, 5.41) is 0.199. The minimum atomic E-state index is -1.75. The first kappa shape index (κ1) is 12.9. The van der Waals surface area contributed by atoms with E-state index in [2.05, 4.69) is 33.9 Å². The van der Waals surface area contributed by atoms with E-state index >= 15 is 0 Å². The highest BCUT2D eigenvalue weighted by Gasteiger charge is 2.40. The molecule has 0 saturated heterocycles. The highest BCUT2D eigenvalue weighted by molar-refractivity contribution is 6.74. The van der Waals surface area contributed by atoms with Gasteiger partial charge in [-0.1, -0.05) is 27.2 Å². The van der Waals surface area contributed by atoms with Gasteiger partial charge in [0.05, 0.1) is 0 Å². The normalized spacial score (nSPS) is 24.3. The van der Waals surface area contributed by atoms with E-state index < -0.39 is 8.32 Å². The monoisotopic (exact) mass is 228 g/mol. The third-order valence-electron chi connectivity index (χ3n) is 3.74. The fourth-order valence-corrected chi connectivity index (χ4v) is 2.92. The lowest BCUT2D eigenvalue weighted by Gasteiger charge is -2.39. The molecule has 0 bridgehead atoms. The molecule has 15 heavy (non-hydrogen) atoms. The van der Waals surface area contributed by atoms with Crippen LogP contribution in [0.25, 0.3) is 0 Å². The van der Waals surface area contributed by atoms with Gasteiger partial charge in [0.15, 0.2) is 14.1 Å². The highest BCUT2D eigenvalue weighted by Crippen LogP contribution is 2.38. The fourth-order valence-electron chi connectivity index (χ4n) is 1.61. The number of carbonyl (C=O) groups excluding carboxylic acids is 1. The quantitative estimate of drug-likeness (QED) is 0.676. The summed E-state index contributed by atoms with van der Waals surface area (Å²) in [6.45, 7) is 11.1. The summed E-state index contributed by atoms with van der Waals surface area (Å²) >= 11 is 0. The Hall–Kier alpha value is -0.153. The van der Waals surface area contributed by atoms with Crippen molar-refractivity contribution in [1.82, 2.24) is 0 Å². The van der Waals surface area contributed by atoms with Crippen molar-refractivity contribution in [3.05, 3.63) is 0 Å². The van der Waals surface area contributed by atoms with Crippen LogP contribution in [0.3, 0.4) is 0 Å². The van der Waals surface area contributed by atoms with Gasteiger partial charge in [0.1, 0.15) is 6.10 Å². The summed E-state index contributed by atoms with van der Waals surface area (Å²) in [7, 11) is -1.75. The van der Waals surface area contributed by atoms with E-state index in [0.717, 1.165) is 25.7 Å². The van der Waals surface area contributed by atoms with E-state index in [0.29, 0.717) is 5.78 Å². The second-order valence-corrected chi connectivity index (χ2v) is 10.8. The Morgan fingerprint density at radius 1 is 1.27 bits per heavy atom. The molecule has 3 heteroatoms. The molecule has 0 radical (unpaired) electrons. The largest absolute Gasteiger partial charge is 0.407 e. The van der Waals surface area contributed by atoms with Crippen LogP contribution >= 0.6 is 0 Å². The number of ketones is 1. The van der Waals surface area contributed by atoms with Crippen LogP contribution < -0.4 is 0 Å². The maximum Gasteiger partial charge on any atom is 0.193 e. The summed E-state index contributed by atoms with van der Waals surface area (Å²) < 4.78 is 6.14. The maximum atomic E-state index is 11.7. The molecule has 1 fully saturated rings. The Morgan fingerprint density at radius 3 is 2.33 bits per heavy atom. The van der Waals surface area contributed by atoms with Crippen LogP contribution in [0, 0.1) is 0 Å². The van der Waals surface area contributed by atoms with Crippen molar-refractivity contribution in [2.45, 2.75) is 70.7 Å². The lowest BCUT2D eigenvalue weighted by Crippen LogP contribution is -2.46. The zero-order valence-electron chi connectivity index (χ0n) is 10.7. The zero-order chi connectivity index (χ0) is 11.7. The van der Waals surface area contributed by atoms with Crippen LogP contribution in [0.5, 0.6) is 0 Å². The van der Waals surface area contributed by atoms with E-state index in [1.165, 1.54) is 0 Å². The summed E-state index contributed by atoms with van der Waals surface area (Å²) in [4.78, 5) is 11.7. The molecule has 0 N–H and O–H groups in total. The first-order valence-electron chi connectivity index (χ1n) is 5.94. The van der Waals surface area contributed by atoms with Gasteiger partial charge in [-0.2, -0.15) is 0 Å². The molecule has 0 aliphatic heterocycles. The molecule has 0 aromatic carbocycles. The minimum absolute atomic E-state index is 0.0976. The van der Waals surface area contributed by atoms with Crippen molar-refractivity contribution in [2.75, 3.05) is 0 Å². The van der Waals surface area contributed by atoms with Gasteiger partial charge in [-0.3, -0.25) is 4.79 Å². The molecule has 1 aliphatic carbocycles. The number of Topliss-reactive ketones (excluding diaryl/α,β-unsaturated/α-hetero) is 1. The van der Waals surface area contributed by atoms with Crippen LogP contribution in [0.4, 0.5) is 0 Å². The maximum absolute atomic E-state index is 11.7. The van der Waals surface area contributed by atoms with Crippen molar-refractivity contribution in [1.29, 1.82) is 0 Å². The Labute approximate surface area is 94.5 Å². The Kier molecular flexibility index (Phi) is 3.77. The molecule has 0 amide bonds. The van der Waals surface area contributed by atoms with E-state index in [-0.39, 0.29) is 11.1 Å². The number of hydrogen-bond acceptors (Lipinski definition) is 2. The van der Waals surface area contributed by atoms with Crippen LogP contribution in [0.2, 0.25) is 18.1 Å². The van der Waals surface area contributed by atoms with E-state index in [9.17, 15) is 4.79 Å². The average Bonchev–Trinajstić information content (AvgIpc) is 2.06. The molecule has 88 valence electrons. The summed E-state index contributed by atoms with van der Waals surface area (Å²) in [6, 6.07) is 0. The van der Waals surface area contributed by atoms with Crippen molar-refractivity contribution in [3.8, 4) is 0 Å². The summed E-state index contributed by atoms with van der Waals surface area (Å²) in [6.07, 6.45) is 3.76. The van der Waals surface area contributed by atoms with Gasteiger partial charge >= 0.3 is 0 Å². The minimum Gasteiger partial charge on any atom is -0.407 e. The van der Waals surface area contributed by atoms with Crippen LogP contribution in [-0.4, -0.2) is 20.2 Å². The zero-order valence-corrected chi connectivity index (χ0v) is 11.7. The molecule has 1 atom stereocenters. The fraction of sp³-hybridized carbons (Fsp3) is 0.917. The lowest BCUT2D eigenvalue weighted by atomic mass is 9.97. The van der Waals surface area contributed by atoms with Gasteiger partial charge in [-0.05, 0) is 31.0 Å². The van der Waals surface area contributed by atoms with Crippen molar-refractivity contribution in [2.24, 2.45) is 0 Å². The lowest BCUT2D eigenvalue weighted by molar-refractivity contribution is -0.128. The first-order valence-corrected chi connectivity index (χ1v) is 8.85. The molecule has 0 aromatic rings. The van der Waals surface area contributed by atoms with Gasteiger partial charge < -0.3 is 4.43 Å². The predicted octanol–water partition coefficient (Wildman–Crippen LogP) is 3.52. The summed E-state index contributed by atoms with van der Waals surface area (Å²) in [5.41, 5.74) is 0. The second-order valence-electron chi connectivity index (χ2n) is 6.08. The van der Waals surface area contributed by atoms with Gasteiger partial charge in [-0.15, -0.1) is 0 Å². The molecule has 0 unspecified atom stereocenters. The van der Waals surface area contributed by atoms with Gasteiger partial charge in [-0.25, -0.2) is 0 Å². The molecule has 2 nitrogen and oxygen atoms in total. The number of carbonyl (C=O) groups is 1.